The van der Waals surface area contributed by atoms with E-state index in [0.717, 1.165) is 0 Å². The normalized spacial score (nSPS) is 13.1. The Kier molecular flexibility index (Phi) is 6.10. The molecule has 0 radical (unpaired) electrons. The van der Waals surface area contributed by atoms with Crippen LogP contribution in [0.25, 0.3) is 0 Å². The van der Waals surface area contributed by atoms with Crippen LogP contribution in [0, 0.1) is 28.5 Å². The Morgan fingerprint density at radius 1 is 1.32 bits per heavy atom. The predicted octanol–water partition coefficient (Wildman–Crippen LogP) is 4.04. The van der Waals surface area contributed by atoms with Crippen LogP contribution in [0.2, 0.25) is 0 Å². The van der Waals surface area contributed by atoms with Gasteiger partial charge in [-0.15, -0.1) is 0 Å². The number of H-pyrrole nitrogens is 1. The second-order valence-corrected chi connectivity index (χ2v) is 8.32. The van der Waals surface area contributed by atoms with Crippen molar-refractivity contribution in [2.45, 2.75) is 45.3 Å². The third-order valence-corrected chi connectivity index (χ3v) is 4.41. The highest BCUT2D eigenvalue weighted by atomic mass is 79.9. The number of nitriles is 2. The number of nitrogens with one attached hydrogen (secondary N) is 2. The van der Waals surface area contributed by atoms with Crippen molar-refractivity contribution in [2.24, 2.45) is 0 Å². The van der Waals surface area contributed by atoms with Crippen molar-refractivity contribution in [3.8, 4) is 12.1 Å². The molecule has 0 aliphatic rings. The highest BCUT2D eigenvalue weighted by Crippen LogP contribution is 2.32. The number of carbonyl (C=O) groups excluding carboxylic acids is 1. The smallest absolute Gasteiger partial charge is 0.408 e. The molecule has 0 aliphatic heterocycles. The minimum Gasteiger partial charge on any atom is -0.444 e. The molecule has 2 aromatic rings. The van der Waals surface area contributed by atoms with Crippen LogP contribution in [0.4, 0.5) is 9.18 Å². The van der Waals surface area contributed by atoms with Gasteiger partial charge in [0.05, 0.1) is 5.54 Å². The van der Waals surface area contributed by atoms with E-state index in [2.05, 4.69) is 31.4 Å². The molecule has 0 bridgehead atoms. The standard InChI is InChI=1S/C19H19BrFN5O2/c1-18(2,3)28-17(27)24-19(4,13-7-11(20)5-6-14(13)21)8-12-15(9-22)25-26-16(12)10-23/h5-7H,8H2,1-4H3,(H,24,27)(H,25,26)/t19-/m1/s1. The van der Waals surface area contributed by atoms with Gasteiger partial charge in [-0.2, -0.15) is 15.6 Å². The third-order valence-electron chi connectivity index (χ3n) is 3.91. The number of ether oxygens (including phenoxy) is 1. The molecule has 0 fully saturated rings. The maximum absolute atomic E-state index is 14.7. The average Bonchev–Trinajstić information content (AvgIpc) is 2.96. The van der Waals surface area contributed by atoms with Gasteiger partial charge >= 0.3 is 6.09 Å². The van der Waals surface area contributed by atoms with Crippen LogP contribution < -0.4 is 5.32 Å². The van der Waals surface area contributed by atoms with E-state index in [1.54, 1.807) is 27.7 Å². The Morgan fingerprint density at radius 2 is 2.00 bits per heavy atom. The highest BCUT2D eigenvalue weighted by molar-refractivity contribution is 9.10. The van der Waals surface area contributed by atoms with Gasteiger partial charge in [-0.3, -0.25) is 5.10 Å². The molecule has 0 aliphatic carbocycles. The van der Waals surface area contributed by atoms with E-state index in [0.29, 0.717) is 4.47 Å². The molecule has 28 heavy (non-hydrogen) atoms. The van der Waals surface area contributed by atoms with Crippen molar-refractivity contribution in [3.63, 3.8) is 0 Å². The fourth-order valence-electron chi connectivity index (χ4n) is 2.73. The van der Waals surface area contributed by atoms with Crippen molar-refractivity contribution < 1.29 is 13.9 Å². The van der Waals surface area contributed by atoms with E-state index < -0.39 is 23.1 Å². The summed E-state index contributed by atoms with van der Waals surface area (Å²) in [6.07, 6.45) is -0.808. The van der Waals surface area contributed by atoms with Crippen LogP contribution in [0.15, 0.2) is 22.7 Å². The lowest BCUT2D eigenvalue weighted by atomic mass is 9.84. The summed E-state index contributed by atoms with van der Waals surface area (Å²) in [4.78, 5) is 12.5. The molecule has 2 rings (SSSR count). The molecule has 0 unspecified atom stereocenters. The number of hydrogen-bond acceptors (Lipinski definition) is 5. The number of carbonyl (C=O) groups is 1. The van der Waals surface area contributed by atoms with Crippen LogP contribution >= 0.6 is 15.9 Å². The number of aromatic nitrogens is 2. The number of alkyl carbamates (subject to hydrolysis) is 1. The zero-order valence-electron chi connectivity index (χ0n) is 15.9. The van der Waals surface area contributed by atoms with Gasteiger partial charge in [0.2, 0.25) is 0 Å². The fraction of sp³-hybridized carbons (Fsp3) is 0.368. The fourth-order valence-corrected chi connectivity index (χ4v) is 3.09. The minimum absolute atomic E-state index is 0.00386. The second kappa shape index (κ2) is 7.99. The monoisotopic (exact) mass is 447 g/mol. The van der Waals surface area contributed by atoms with E-state index in [-0.39, 0.29) is 28.9 Å². The average molecular weight is 448 g/mol. The van der Waals surface area contributed by atoms with E-state index in [1.165, 1.54) is 18.2 Å². The third kappa shape index (κ3) is 4.87. The van der Waals surface area contributed by atoms with E-state index in [9.17, 15) is 19.7 Å². The number of benzene rings is 1. The van der Waals surface area contributed by atoms with Crippen molar-refractivity contribution in [1.29, 1.82) is 10.5 Å². The van der Waals surface area contributed by atoms with Gasteiger partial charge in [0.1, 0.15) is 29.3 Å². The number of hydrogen-bond donors (Lipinski definition) is 2. The van der Waals surface area contributed by atoms with E-state index in [4.69, 9.17) is 4.74 Å². The SMILES string of the molecule is CC(C)(C)OC(=O)N[C@](C)(Cc1c(C#N)n[nH]c1C#N)c1cc(Br)ccc1F. The van der Waals surface area contributed by atoms with Gasteiger partial charge in [-0.25, -0.2) is 9.18 Å². The summed E-state index contributed by atoms with van der Waals surface area (Å²) in [7, 11) is 0. The first kappa shape index (κ1) is 21.4. The van der Waals surface area contributed by atoms with Crippen molar-refractivity contribution in [2.75, 3.05) is 0 Å². The molecular formula is C19H19BrFN5O2. The Hall–Kier alpha value is -2.91. The van der Waals surface area contributed by atoms with Gasteiger partial charge in [0.25, 0.3) is 0 Å². The molecule has 1 amide bonds. The highest BCUT2D eigenvalue weighted by Gasteiger charge is 2.36. The molecule has 7 nitrogen and oxygen atoms in total. The van der Waals surface area contributed by atoms with E-state index >= 15 is 0 Å². The number of rotatable bonds is 4. The number of halogens is 2. The zero-order valence-corrected chi connectivity index (χ0v) is 17.4. The molecule has 1 heterocycles. The lowest BCUT2D eigenvalue weighted by Gasteiger charge is -2.33. The minimum atomic E-state index is -1.32. The van der Waals surface area contributed by atoms with Crippen LogP contribution in [0.1, 0.15) is 50.2 Å². The van der Waals surface area contributed by atoms with Gasteiger partial charge in [-0.1, -0.05) is 15.9 Å². The van der Waals surface area contributed by atoms with Crippen LogP contribution in [-0.4, -0.2) is 21.9 Å². The largest absolute Gasteiger partial charge is 0.444 e. The molecular weight excluding hydrogens is 429 g/mol. The van der Waals surface area contributed by atoms with Gasteiger partial charge < -0.3 is 10.1 Å². The molecule has 2 N–H and O–H groups in total. The molecule has 1 aromatic heterocycles. The molecule has 1 atom stereocenters. The molecule has 146 valence electrons. The summed E-state index contributed by atoms with van der Waals surface area (Å²) in [5, 5.41) is 27.6. The van der Waals surface area contributed by atoms with Gasteiger partial charge in [0, 0.05) is 22.0 Å². The first-order chi connectivity index (χ1) is 13.0. The lowest BCUT2D eigenvalue weighted by Crippen LogP contribution is -2.48. The summed E-state index contributed by atoms with van der Waals surface area (Å²) in [6, 6.07) is 8.16. The Morgan fingerprint density at radius 3 is 2.57 bits per heavy atom. The van der Waals surface area contributed by atoms with Gasteiger partial charge in [-0.05, 0) is 45.9 Å². The number of aromatic amines is 1. The summed E-state index contributed by atoms with van der Waals surface area (Å²) >= 11 is 3.30. The van der Waals surface area contributed by atoms with Crippen LogP contribution in [-0.2, 0) is 16.7 Å². The molecule has 0 spiro atoms. The summed E-state index contributed by atoms with van der Waals surface area (Å²) < 4.78 is 20.6. The van der Waals surface area contributed by atoms with Crippen molar-refractivity contribution in [3.05, 3.63) is 51.0 Å². The molecule has 0 saturated carbocycles. The molecule has 9 heteroatoms. The first-order valence-electron chi connectivity index (χ1n) is 8.33. The quantitative estimate of drug-likeness (QED) is 0.733. The first-order valence-corrected chi connectivity index (χ1v) is 9.12. The second-order valence-electron chi connectivity index (χ2n) is 7.41. The van der Waals surface area contributed by atoms with Crippen molar-refractivity contribution >= 4 is 22.0 Å². The zero-order chi connectivity index (χ0) is 21.1. The molecule has 1 aromatic carbocycles. The Bertz CT molecular complexity index is 952. The Balaban J connectivity index is 2.55. The van der Waals surface area contributed by atoms with Crippen LogP contribution in [0.5, 0.6) is 0 Å². The van der Waals surface area contributed by atoms with Crippen LogP contribution in [0.3, 0.4) is 0 Å². The van der Waals surface area contributed by atoms with Gasteiger partial charge in [0.15, 0.2) is 5.69 Å². The summed E-state index contributed by atoms with van der Waals surface area (Å²) in [5.41, 5.74) is -1.55. The number of amides is 1. The predicted molar refractivity (Wildman–Crippen MR) is 103 cm³/mol. The van der Waals surface area contributed by atoms with Crippen molar-refractivity contribution in [1.82, 2.24) is 15.5 Å². The maximum Gasteiger partial charge on any atom is 0.408 e. The Labute approximate surface area is 170 Å². The summed E-state index contributed by atoms with van der Waals surface area (Å²) in [5.74, 6) is -0.553. The lowest BCUT2D eigenvalue weighted by molar-refractivity contribution is 0.0459. The topological polar surface area (TPSA) is 115 Å². The number of nitrogens with zero attached hydrogens (tertiary/aromatic N) is 3. The summed E-state index contributed by atoms with van der Waals surface area (Å²) in [6.45, 7) is 6.72. The molecule has 0 saturated heterocycles. The maximum atomic E-state index is 14.7. The van der Waals surface area contributed by atoms with E-state index in [1.807, 2.05) is 12.1 Å².